The van der Waals surface area contributed by atoms with E-state index in [1.165, 1.54) is 0 Å². The highest BCUT2D eigenvalue weighted by molar-refractivity contribution is 7.98. The van der Waals surface area contributed by atoms with Crippen LogP contribution in [-0.4, -0.2) is 31.2 Å². The van der Waals surface area contributed by atoms with Crippen molar-refractivity contribution in [2.75, 3.05) is 19.5 Å². The maximum Gasteiger partial charge on any atom is 0.306 e. The Morgan fingerprint density at radius 1 is 1.16 bits per heavy atom. The van der Waals surface area contributed by atoms with Crippen LogP contribution in [0.4, 0.5) is 0 Å². The fourth-order valence-electron chi connectivity index (χ4n) is 1.38. The number of carbonyl (C=O) groups excluding carboxylic acids is 2. The molecule has 0 N–H and O–H groups in total. The highest BCUT2D eigenvalue weighted by atomic mass is 32.2. The van der Waals surface area contributed by atoms with Crippen LogP contribution in [0.1, 0.15) is 19.8 Å². The largest absolute Gasteiger partial charge is 0.486 e. The molecule has 104 valence electrons. The van der Waals surface area contributed by atoms with Crippen LogP contribution in [0.15, 0.2) is 29.2 Å². The van der Waals surface area contributed by atoms with Gasteiger partial charge in [0.25, 0.3) is 0 Å². The van der Waals surface area contributed by atoms with Gasteiger partial charge in [-0.3, -0.25) is 9.59 Å². The molecule has 1 aromatic carbocycles. The third-order valence-corrected chi connectivity index (χ3v) is 3.12. The van der Waals surface area contributed by atoms with Crippen LogP contribution in [0.2, 0.25) is 0 Å². The van der Waals surface area contributed by atoms with Crippen molar-refractivity contribution in [1.82, 2.24) is 0 Å². The Labute approximate surface area is 117 Å². The van der Waals surface area contributed by atoms with Crippen LogP contribution in [0.3, 0.4) is 0 Å². The van der Waals surface area contributed by atoms with Crippen molar-refractivity contribution in [2.45, 2.75) is 24.7 Å². The van der Waals surface area contributed by atoms with Crippen molar-refractivity contribution in [3.05, 3.63) is 24.3 Å². The Kier molecular flexibility index (Phi) is 7.03. The van der Waals surface area contributed by atoms with E-state index in [0.717, 1.165) is 4.90 Å². The van der Waals surface area contributed by atoms with Crippen molar-refractivity contribution >= 4 is 23.5 Å². The number of ether oxygens (including phenoxy) is 2. The Morgan fingerprint density at radius 2 is 1.84 bits per heavy atom. The number of ketones is 1. The van der Waals surface area contributed by atoms with Gasteiger partial charge in [0, 0.05) is 11.3 Å². The number of esters is 1. The molecule has 1 rings (SSSR count). The van der Waals surface area contributed by atoms with Crippen LogP contribution in [0.25, 0.3) is 0 Å². The predicted octanol–water partition coefficient (Wildman–Crippen LogP) is 2.70. The van der Waals surface area contributed by atoms with Crippen molar-refractivity contribution in [2.24, 2.45) is 0 Å². The van der Waals surface area contributed by atoms with Crippen LogP contribution in [-0.2, 0) is 14.3 Å². The summed E-state index contributed by atoms with van der Waals surface area (Å²) >= 11 is 1.64. The number of thioether (sulfide) groups is 1. The highest BCUT2D eigenvalue weighted by Gasteiger charge is 2.08. The first-order valence-corrected chi connectivity index (χ1v) is 7.32. The fourth-order valence-corrected chi connectivity index (χ4v) is 1.79. The van der Waals surface area contributed by atoms with E-state index in [-0.39, 0.29) is 31.2 Å². The smallest absolute Gasteiger partial charge is 0.306 e. The van der Waals surface area contributed by atoms with Crippen molar-refractivity contribution in [1.29, 1.82) is 0 Å². The second-order valence-corrected chi connectivity index (χ2v) is 4.69. The Morgan fingerprint density at radius 3 is 2.42 bits per heavy atom. The number of hydrogen-bond acceptors (Lipinski definition) is 5. The number of Topliss-reactive ketones (excluding diaryl/α,β-unsaturated/α-hetero) is 1. The lowest BCUT2D eigenvalue weighted by molar-refractivity contribution is -0.144. The summed E-state index contributed by atoms with van der Waals surface area (Å²) in [6, 6.07) is 7.51. The van der Waals surface area contributed by atoms with Crippen LogP contribution in [0, 0.1) is 0 Å². The van der Waals surface area contributed by atoms with Gasteiger partial charge < -0.3 is 9.47 Å². The van der Waals surface area contributed by atoms with Gasteiger partial charge in [0.2, 0.25) is 0 Å². The zero-order chi connectivity index (χ0) is 14.1. The minimum Gasteiger partial charge on any atom is -0.486 e. The molecule has 0 saturated heterocycles. The SMILES string of the molecule is CCOC(=O)CCC(=O)COc1ccc(SC)cc1. The van der Waals surface area contributed by atoms with Crippen LogP contribution >= 0.6 is 11.8 Å². The van der Waals surface area contributed by atoms with Crippen LogP contribution < -0.4 is 4.74 Å². The lowest BCUT2D eigenvalue weighted by atomic mass is 10.2. The van der Waals surface area contributed by atoms with Crippen LogP contribution in [0.5, 0.6) is 5.75 Å². The van der Waals surface area contributed by atoms with E-state index in [1.807, 2.05) is 30.5 Å². The van der Waals surface area contributed by atoms with Gasteiger partial charge in [0.1, 0.15) is 12.4 Å². The second kappa shape index (κ2) is 8.58. The molecule has 5 heteroatoms. The quantitative estimate of drug-likeness (QED) is 0.542. The fraction of sp³-hybridized carbons (Fsp3) is 0.429. The van der Waals surface area contributed by atoms with Crippen molar-refractivity contribution in [3.8, 4) is 5.75 Å². The van der Waals surface area contributed by atoms with Gasteiger partial charge >= 0.3 is 5.97 Å². The monoisotopic (exact) mass is 282 g/mol. The molecule has 0 aromatic heterocycles. The average molecular weight is 282 g/mol. The standard InChI is InChI=1S/C14H18O4S/c1-3-17-14(16)9-4-11(15)10-18-12-5-7-13(19-2)8-6-12/h5-8H,3-4,9-10H2,1-2H3. The molecule has 0 fully saturated rings. The van der Waals surface area contributed by atoms with Gasteiger partial charge in [-0.15, -0.1) is 11.8 Å². The molecule has 0 aliphatic rings. The summed E-state index contributed by atoms with van der Waals surface area (Å²) < 4.78 is 10.1. The molecule has 0 bridgehead atoms. The molecule has 4 nitrogen and oxygen atoms in total. The minimum atomic E-state index is -0.347. The zero-order valence-corrected chi connectivity index (χ0v) is 12.0. The first-order valence-electron chi connectivity index (χ1n) is 6.10. The van der Waals surface area contributed by atoms with Crippen molar-refractivity contribution in [3.63, 3.8) is 0 Å². The first-order chi connectivity index (χ1) is 9.15. The Hall–Kier alpha value is -1.49. The minimum absolute atomic E-state index is 0.0159. The summed E-state index contributed by atoms with van der Waals surface area (Å²) in [7, 11) is 0. The maximum absolute atomic E-state index is 11.5. The molecule has 0 unspecified atom stereocenters. The van der Waals surface area contributed by atoms with Gasteiger partial charge in [0.05, 0.1) is 13.0 Å². The number of benzene rings is 1. The van der Waals surface area contributed by atoms with Gasteiger partial charge in [0.15, 0.2) is 5.78 Å². The van der Waals surface area contributed by atoms with Gasteiger partial charge in [-0.2, -0.15) is 0 Å². The number of carbonyl (C=O) groups is 2. The molecule has 0 amide bonds. The summed E-state index contributed by atoms with van der Waals surface area (Å²) in [6.07, 6.45) is 2.26. The van der Waals surface area contributed by atoms with E-state index in [9.17, 15) is 9.59 Å². The number of rotatable bonds is 8. The van der Waals surface area contributed by atoms with E-state index in [1.54, 1.807) is 18.7 Å². The van der Waals surface area contributed by atoms with E-state index >= 15 is 0 Å². The van der Waals surface area contributed by atoms with Gasteiger partial charge in [-0.05, 0) is 37.4 Å². The molecule has 0 radical (unpaired) electrons. The summed E-state index contributed by atoms with van der Waals surface area (Å²) in [5.74, 6) is 0.199. The van der Waals surface area contributed by atoms with E-state index < -0.39 is 0 Å². The van der Waals surface area contributed by atoms with Crippen molar-refractivity contribution < 1.29 is 19.1 Å². The van der Waals surface area contributed by atoms with E-state index in [2.05, 4.69) is 0 Å². The average Bonchev–Trinajstić information content (AvgIpc) is 2.44. The number of hydrogen-bond donors (Lipinski definition) is 0. The summed E-state index contributed by atoms with van der Waals surface area (Å²) in [4.78, 5) is 23.7. The Bertz CT molecular complexity index is 414. The molecule has 0 atom stereocenters. The predicted molar refractivity (Wildman–Crippen MR) is 74.6 cm³/mol. The first kappa shape index (κ1) is 15.6. The molecule has 1 aromatic rings. The summed E-state index contributed by atoms with van der Waals surface area (Å²) in [6.45, 7) is 2.06. The highest BCUT2D eigenvalue weighted by Crippen LogP contribution is 2.18. The molecular formula is C14H18O4S. The van der Waals surface area contributed by atoms with Gasteiger partial charge in [-0.25, -0.2) is 0 Å². The molecule has 0 spiro atoms. The molecule has 0 heterocycles. The Balaban J connectivity index is 2.27. The molecule has 0 saturated carbocycles. The lowest BCUT2D eigenvalue weighted by Crippen LogP contribution is -2.14. The third-order valence-electron chi connectivity index (χ3n) is 2.37. The van der Waals surface area contributed by atoms with E-state index in [0.29, 0.717) is 12.4 Å². The second-order valence-electron chi connectivity index (χ2n) is 3.81. The molecule has 0 aliphatic carbocycles. The lowest BCUT2D eigenvalue weighted by Gasteiger charge is -2.06. The topological polar surface area (TPSA) is 52.6 Å². The zero-order valence-electron chi connectivity index (χ0n) is 11.2. The third kappa shape index (κ3) is 6.29. The van der Waals surface area contributed by atoms with Gasteiger partial charge in [-0.1, -0.05) is 0 Å². The molecule has 0 aliphatic heterocycles. The summed E-state index contributed by atoms with van der Waals surface area (Å²) in [5.41, 5.74) is 0. The molecule has 19 heavy (non-hydrogen) atoms. The van der Waals surface area contributed by atoms with E-state index in [4.69, 9.17) is 9.47 Å². The maximum atomic E-state index is 11.5. The normalized spacial score (nSPS) is 10.0. The summed E-state index contributed by atoms with van der Waals surface area (Å²) in [5, 5.41) is 0. The molecular weight excluding hydrogens is 264 g/mol.